The van der Waals surface area contributed by atoms with Crippen molar-refractivity contribution in [1.82, 2.24) is 10.6 Å². The van der Waals surface area contributed by atoms with Crippen molar-refractivity contribution >= 4 is 11.8 Å². The van der Waals surface area contributed by atoms with E-state index < -0.39 is 222 Å². The molecule has 0 unspecified atom stereocenters. The molecule has 6 heterocycles. The number of ether oxygens (including phenoxy) is 11. The molecule has 6 rings (SSSR count). The number of aliphatic hydroxyl groups excluding tert-OH is 16. The van der Waals surface area contributed by atoms with E-state index in [0.717, 1.165) is 13.8 Å². The monoisotopic (exact) mass is 1040 g/mol. The van der Waals surface area contributed by atoms with Crippen LogP contribution >= 0.6 is 0 Å². The fraction of sp³-hybridized carbons (Fsp3) is 0.950. The van der Waals surface area contributed by atoms with E-state index in [0.29, 0.717) is 0 Å². The van der Waals surface area contributed by atoms with Gasteiger partial charge in [-0.3, -0.25) is 9.59 Å². The summed E-state index contributed by atoms with van der Waals surface area (Å²) in [5.41, 5.74) is 0. The number of aliphatic hydroxyl groups is 16. The maximum absolute atomic E-state index is 12.7. The number of carbonyl (C=O) groups excluding carboxylic acids is 2. The Morgan fingerprint density at radius 1 is 0.366 bits per heavy atom. The lowest BCUT2D eigenvalue weighted by Crippen LogP contribution is -2.70. The predicted octanol–water partition coefficient (Wildman–Crippen LogP) is -11.8. The van der Waals surface area contributed by atoms with Crippen LogP contribution in [-0.2, 0) is 61.7 Å². The molecule has 0 aromatic rings. The van der Waals surface area contributed by atoms with E-state index in [9.17, 15) is 91.3 Å². The minimum atomic E-state index is -2.14. The lowest BCUT2D eigenvalue weighted by Gasteiger charge is -2.50. The van der Waals surface area contributed by atoms with Crippen molar-refractivity contribution in [2.24, 2.45) is 0 Å². The van der Waals surface area contributed by atoms with Crippen molar-refractivity contribution in [3.05, 3.63) is 0 Å². The molecule has 31 heteroatoms. The van der Waals surface area contributed by atoms with Gasteiger partial charge >= 0.3 is 0 Å². The highest BCUT2D eigenvalue weighted by molar-refractivity contribution is 5.73. The lowest BCUT2D eigenvalue weighted by molar-refractivity contribution is -0.392. The van der Waals surface area contributed by atoms with Gasteiger partial charge in [-0.15, -0.1) is 0 Å². The van der Waals surface area contributed by atoms with Gasteiger partial charge in [0.25, 0.3) is 0 Å². The van der Waals surface area contributed by atoms with Crippen LogP contribution in [0.3, 0.4) is 0 Å². The zero-order valence-corrected chi connectivity index (χ0v) is 38.6. The second-order valence-corrected chi connectivity index (χ2v) is 18.2. The summed E-state index contributed by atoms with van der Waals surface area (Å²) in [6.45, 7) is 1.05. The molecular formula is C40H68N2O29. The van der Waals surface area contributed by atoms with Gasteiger partial charge in [-0.2, -0.15) is 0 Å². The van der Waals surface area contributed by atoms with Crippen LogP contribution in [0.25, 0.3) is 0 Å². The first-order valence-electron chi connectivity index (χ1n) is 22.8. The molecule has 71 heavy (non-hydrogen) atoms. The van der Waals surface area contributed by atoms with E-state index in [1.807, 2.05) is 0 Å². The molecule has 0 aromatic heterocycles. The highest BCUT2D eigenvalue weighted by Crippen LogP contribution is 2.37. The van der Waals surface area contributed by atoms with Crippen LogP contribution in [0, 0.1) is 0 Å². The summed E-state index contributed by atoms with van der Waals surface area (Å²) in [7, 11) is 0. The van der Waals surface area contributed by atoms with Gasteiger partial charge in [0.05, 0.1) is 38.6 Å². The van der Waals surface area contributed by atoms with Crippen LogP contribution < -0.4 is 10.6 Å². The Hall–Kier alpha value is -2.14. The molecule has 0 spiro atoms. The van der Waals surface area contributed by atoms with Crippen molar-refractivity contribution in [2.75, 3.05) is 26.4 Å². The van der Waals surface area contributed by atoms with Crippen molar-refractivity contribution in [3.63, 3.8) is 0 Å². The molecule has 0 saturated carbocycles. The van der Waals surface area contributed by atoms with Gasteiger partial charge in [-0.1, -0.05) is 0 Å². The zero-order chi connectivity index (χ0) is 52.5. The third-order valence-corrected chi connectivity index (χ3v) is 13.2. The minimum Gasteiger partial charge on any atom is -0.394 e. The fourth-order valence-electron chi connectivity index (χ4n) is 9.22. The fourth-order valence-corrected chi connectivity index (χ4v) is 9.22. The topological polar surface area (TPSA) is 483 Å². The average molecular weight is 1040 g/mol. The highest BCUT2D eigenvalue weighted by Gasteiger charge is 2.58. The maximum atomic E-state index is 12.7. The van der Waals surface area contributed by atoms with Crippen molar-refractivity contribution in [2.45, 2.75) is 212 Å². The van der Waals surface area contributed by atoms with E-state index in [4.69, 9.17) is 52.1 Å². The normalized spacial score (nSPS) is 50.8. The van der Waals surface area contributed by atoms with Crippen molar-refractivity contribution in [3.8, 4) is 0 Å². The third-order valence-electron chi connectivity index (χ3n) is 13.2. The number of hydrogen-bond donors (Lipinski definition) is 18. The van der Waals surface area contributed by atoms with E-state index in [1.165, 1.54) is 13.8 Å². The second kappa shape index (κ2) is 24.7. The Balaban J connectivity index is 1.21. The van der Waals surface area contributed by atoms with E-state index >= 15 is 0 Å². The third kappa shape index (κ3) is 12.4. The Kier molecular flexibility index (Phi) is 20.2. The smallest absolute Gasteiger partial charge is 0.217 e. The average Bonchev–Trinajstić information content (AvgIpc) is 3.32. The summed E-state index contributed by atoms with van der Waals surface area (Å²) < 4.78 is 63.2. The molecule has 30 atom stereocenters. The molecule has 6 fully saturated rings. The van der Waals surface area contributed by atoms with Gasteiger partial charge in [0.15, 0.2) is 37.7 Å². The van der Waals surface area contributed by atoms with E-state index in [2.05, 4.69) is 10.6 Å². The number of nitrogens with one attached hydrogen (secondary N) is 2. The van der Waals surface area contributed by atoms with Gasteiger partial charge in [-0.05, 0) is 13.8 Å². The van der Waals surface area contributed by atoms with Crippen LogP contribution in [0.15, 0.2) is 0 Å². The summed E-state index contributed by atoms with van der Waals surface area (Å²) in [6, 6.07) is -3.24. The summed E-state index contributed by atoms with van der Waals surface area (Å²) in [4.78, 5) is 24.5. The van der Waals surface area contributed by atoms with Gasteiger partial charge < -0.3 is 144 Å². The first-order chi connectivity index (χ1) is 33.5. The summed E-state index contributed by atoms with van der Waals surface area (Å²) in [5, 5.41) is 177. The SMILES string of the molecule is CC(=O)N[C@@H]1[C@@H](O)[C@H](O[C@@H]2O[C@H](CO)[C@H](O)[C@H](O[C@@H]3O[C@H](CO)[C@@H](O)[C@H](O[C@@H]4O[C@H](C)[C@H](O[C@@H]5O[C@H](CO)[C@H](O)[C@H](O)[C@H]5O[C@@H]5O[C@H](C)[C@H](O)[C@H](O)[C@H]5O)[C@H](O)[C@H]4O)[C@H]3NC(C)=O)[C@H]2O)[C@@H](CO)O[C@H]1O. The Bertz CT molecular complexity index is 1710. The lowest BCUT2D eigenvalue weighted by atomic mass is 9.94. The number of rotatable bonds is 16. The summed E-state index contributed by atoms with van der Waals surface area (Å²) in [5.74, 6) is -1.53. The van der Waals surface area contributed by atoms with Gasteiger partial charge in [-0.25, -0.2) is 0 Å². The molecule has 6 saturated heterocycles. The molecule has 31 nitrogen and oxygen atoms in total. The first kappa shape index (κ1) is 58.1. The number of amides is 2. The van der Waals surface area contributed by atoms with E-state index in [-0.39, 0.29) is 0 Å². The molecule has 2 amide bonds. The Labute approximate surface area is 403 Å². The van der Waals surface area contributed by atoms with Gasteiger partial charge in [0.2, 0.25) is 11.8 Å². The van der Waals surface area contributed by atoms with Crippen LogP contribution in [0.4, 0.5) is 0 Å². The Morgan fingerprint density at radius 2 is 0.789 bits per heavy atom. The molecule has 0 radical (unpaired) electrons. The predicted molar refractivity (Wildman–Crippen MR) is 220 cm³/mol. The van der Waals surface area contributed by atoms with Crippen molar-refractivity contribution < 1.29 is 143 Å². The maximum Gasteiger partial charge on any atom is 0.217 e. The largest absolute Gasteiger partial charge is 0.394 e. The van der Waals surface area contributed by atoms with Crippen LogP contribution in [0.1, 0.15) is 27.7 Å². The molecule has 6 aliphatic rings. The molecule has 6 aliphatic heterocycles. The standard InChI is InChI=1S/C40H68N2O29/c1-9-19(49)24(54)27(57)37(61-9)71-34-25(55)20(50)13(5-43)66-40(34)67-30-10(2)62-38(28(58)26(30)56)69-32-18(42-12(4)48)36(64-14(6-44)21(32)51)70-33-22(52)15(7-45)65-39(29(33)59)68-31-16(8-46)63-35(60)17(23(31)53)41-11(3)47/h9-10,13-40,43-46,49-60H,5-8H2,1-4H3,(H,41,47)(H,42,48)/t9-,10-,13-,14-,15-,16-,17-,18-,19+,20+,21-,22+,23-,24+,25+,26-,27-,28-,29-,30+,31-,32-,33+,34-,35-,36+,37+,38+,39+,40+/m1/s1. The first-order valence-corrected chi connectivity index (χ1v) is 22.8. The highest BCUT2D eigenvalue weighted by atomic mass is 16.8. The molecule has 0 bridgehead atoms. The summed E-state index contributed by atoms with van der Waals surface area (Å²) in [6.07, 6.45) is -50.1. The molecule has 18 N–H and O–H groups in total. The van der Waals surface area contributed by atoms with Crippen molar-refractivity contribution in [1.29, 1.82) is 0 Å². The quantitative estimate of drug-likeness (QED) is 0.0682. The Morgan fingerprint density at radius 3 is 1.37 bits per heavy atom. The summed E-state index contributed by atoms with van der Waals surface area (Å²) >= 11 is 0. The van der Waals surface area contributed by atoms with E-state index in [1.54, 1.807) is 0 Å². The second-order valence-electron chi connectivity index (χ2n) is 18.2. The molecule has 412 valence electrons. The number of hydrogen-bond acceptors (Lipinski definition) is 29. The molecule has 0 aromatic carbocycles. The molecular weight excluding hydrogens is 972 g/mol. The minimum absolute atomic E-state index is 0.701. The zero-order valence-electron chi connectivity index (χ0n) is 38.6. The van der Waals surface area contributed by atoms with Crippen LogP contribution in [-0.4, -0.2) is 304 Å². The van der Waals surface area contributed by atoms with Crippen LogP contribution in [0.5, 0.6) is 0 Å². The molecule has 0 aliphatic carbocycles. The van der Waals surface area contributed by atoms with Gasteiger partial charge in [0, 0.05) is 13.8 Å². The number of carbonyl (C=O) groups is 2. The van der Waals surface area contributed by atoms with Gasteiger partial charge in [0.1, 0.15) is 134 Å². The van der Waals surface area contributed by atoms with Crippen LogP contribution in [0.2, 0.25) is 0 Å².